The topological polar surface area (TPSA) is 92.9 Å². The molecule has 0 atom stereocenters. The normalized spacial score (nSPS) is 11.4. The molecule has 5 aromatic rings. The molecule has 5 rings (SSSR count). The van der Waals surface area contributed by atoms with E-state index in [4.69, 9.17) is 4.42 Å². The third kappa shape index (κ3) is 2.74. The van der Waals surface area contributed by atoms with Crippen molar-refractivity contribution in [1.29, 1.82) is 0 Å². The number of para-hydroxylation sites is 1. The summed E-state index contributed by atoms with van der Waals surface area (Å²) in [5.74, 6) is 0.420. The summed E-state index contributed by atoms with van der Waals surface area (Å²) in [6.45, 7) is 3.49. The van der Waals surface area contributed by atoms with Gasteiger partial charge in [-0.05, 0) is 36.8 Å². The third-order valence-electron chi connectivity index (χ3n) is 4.36. The Bertz CT molecular complexity index is 1370. The van der Waals surface area contributed by atoms with Crippen LogP contribution in [0.4, 0.5) is 16.6 Å². The Labute approximate surface area is 163 Å². The molecule has 0 aliphatic heterocycles. The minimum Gasteiger partial charge on any atom is -0.450 e. The Morgan fingerprint density at radius 2 is 2.04 bits per heavy atom. The van der Waals surface area contributed by atoms with Crippen LogP contribution < -0.4 is 10.6 Å². The first-order valence-corrected chi connectivity index (χ1v) is 9.48. The molecule has 2 N–H and O–H groups in total. The van der Waals surface area contributed by atoms with Gasteiger partial charge in [0.15, 0.2) is 16.5 Å². The van der Waals surface area contributed by atoms with Crippen molar-refractivity contribution in [2.45, 2.75) is 13.8 Å². The molecule has 0 fully saturated rings. The highest BCUT2D eigenvalue weighted by Gasteiger charge is 2.15. The molecule has 0 saturated heterocycles. The smallest absolute Gasteiger partial charge is 0.223 e. The minimum absolute atomic E-state index is 0.149. The van der Waals surface area contributed by atoms with Crippen LogP contribution in [-0.2, 0) is 4.79 Å². The highest BCUT2D eigenvalue weighted by atomic mass is 32.1. The molecule has 0 radical (unpaired) electrons. The second-order valence-corrected chi connectivity index (χ2v) is 7.51. The lowest BCUT2D eigenvalue weighted by molar-refractivity contribution is -0.114. The van der Waals surface area contributed by atoms with E-state index in [2.05, 4.69) is 25.6 Å². The zero-order valence-electron chi connectivity index (χ0n) is 15.1. The number of thiazole rings is 1. The van der Waals surface area contributed by atoms with Crippen LogP contribution in [0.25, 0.3) is 32.3 Å². The van der Waals surface area contributed by atoms with Gasteiger partial charge in [0.2, 0.25) is 5.91 Å². The Hall–Kier alpha value is -3.52. The second-order valence-electron chi connectivity index (χ2n) is 6.48. The maximum Gasteiger partial charge on any atom is 0.223 e. The Morgan fingerprint density at radius 1 is 1.14 bits per heavy atom. The summed E-state index contributed by atoms with van der Waals surface area (Å²) in [6, 6.07) is 11.8. The van der Waals surface area contributed by atoms with E-state index >= 15 is 0 Å². The molecule has 1 amide bonds. The van der Waals surface area contributed by atoms with Gasteiger partial charge in [0.05, 0.1) is 10.4 Å². The molecule has 0 unspecified atom stereocenters. The SMILES string of the molecule is CC(=O)Nc1nc2c(Nc3ncnc4c3oc3cc(C)ccc34)cccc2s1. The zero-order chi connectivity index (χ0) is 19.3. The maximum absolute atomic E-state index is 11.3. The van der Waals surface area contributed by atoms with Gasteiger partial charge in [-0.3, -0.25) is 4.79 Å². The van der Waals surface area contributed by atoms with E-state index in [0.29, 0.717) is 16.5 Å². The molecule has 0 spiro atoms. The first-order valence-electron chi connectivity index (χ1n) is 8.66. The maximum atomic E-state index is 11.3. The van der Waals surface area contributed by atoms with Gasteiger partial charge in [-0.1, -0.05) is 23.5 Å². The number of fused-ring (bicyclic) bond motifs is 4. The van der Waals surface area contributed by atoms with Gasteiger partial charge in [-0.15, -0.1) is 0 Å². The van der Waals surface area contributed by atoms with Crippen LogP contribution >= 0.6 is 11.3 Å². The molecule has 8 heteroatoms. The number of aryl methyl sites for hydroxylation is 1. The molecular formula is C20H15N5O2S. The summed E-state index contributed by atoms with van der Waals surface area (Å²) in [4.78, 5) is 24.6. The number of aromatic nitrogens is 3. The summed E-state index contributed by atoms with van der Waals surface area (Å²) in [5.41, 5.74) is 4.79. The highest BCUT2D eigenvalue weighted by molar-refractivity contribution is 7.22. The van der Waals surface area contributed by atoms with Gasteiger partial charge in [-0.2, -0.15) is 0 Å². The van der Waals surface area contributed by atoms with Gasteiger partial charge >= 0.3 is 0 Å². The first kappa shape index (κ1) is 16.6. The number of rotatable bonds is 3. The minimum atomic E-state index is -0.149. The van der Waals surface area contributed by atoms with Crippen LogP contribution in [0.1, 0.15) is 12.5 Å². The van der Waals surface area contributed by atoms with Crippen molar-refractivity contribution < 1.29 is 9.21 Å². The zero-order valence-corrected chi connectivity index (χ0v) is 15.9. The Balaban J connectivity index is 1.63. The fourth-order valence-corrected chi connectivity index (χ4v) is 4.09. The van der Waals surface area contributed by atoms with Crippen molar-refractivity contribution in [3.05, 3.63) is 48.3 Å². The number of nitrogens with one attached hydrogen (secondary N) is 2. The Kier molecular flexibility index (Phi) is 3.73. The van der Waals surface area contributed by atoms with E-state index < -0.39 is 0 Å². The molecule has 0 bridgehead atoms. The van der Waals surface area contributed by atoms with Crippen LogP contribution in [0, 0.1) is 6.92 Å². The molecule has 7 nitrogen and oxygen atoms in total. The average molecular weight is 389 g/mol. The van der Waals surface area contributed by atoms with Gasteiger partial charge in [0.1, 0.15) is 22.9 Å². The van der Waals surface area contributed by atoms with E-state index in [9.17, 15) is 4.79 Å². The molecular weight excluding hydrogens is 374 g/mol. The van der Waals surface area contributed by atoms with Crippen LogP contribution in [0.2, 0.25) is 0 Å². The van der Waals surface area contributed by atoms with Crippen LogP contribution in [0.3, 0.4) is 0 Å². The van der Waals surface area contributed by atoms with Crippen molar-refractivity contribution in [3.8, 4) is 0 Å². The summed E-state index contributed by atoms with van der Waals surface area (Å²) >= 11 is 1.42. The summed E-state index contributed by atoms with van der Waals surface area (Å²) < 4.78 is 7.00. The van der Waals surface area contributed by atoms with Gasteiger partial charge in [0.25, 0.3) is 0 Å². The number of nitrogens with zero attached hydrogens (tertiary/aromatic N) is 3. The number of carbonyl (C=O) groups excluding carboxylic acids is 1. The lowest BCUT2D eigenvalue weighted by Crippen LogP contribution is -2.04. The predicted octanol–water partition coefficient (Wildman–Crippen LogP) is 5.00. The Morgan fingerprint density at radius 3 is 2.89 bits per heavy atom. The van der Waals surface area contributed by atoms with Gasteiger partial charge in [0, 0.05) is 12.3 Å². The number of hydrogen-bond donors (Lipinski definition) is 2. The molecule has 2 aromatic carbocycles. The molecule has 3 heterocycles. The van der Waals surface area contributed by atoms with Crippen LogP contribution in [0.5, 0.6) is 0 Å². The first-order chi connectivity index (χ1) is 13.6. The summed E-state index contributed by atoms with van der Waals surface area (Å²) in [5, 5.41) is 7.56. The fourth-order valence-electron chi connectivity index (χ4n) is 3.15. The predicted molar refractivity (Wildman–Crippen MR) is 111 cm³/mol. The van der Waals surface area contributed by atoms with E-state index in [1.807, 2.05) is 43.3 Å². The molecule has 0 saturated carbocycles. The molecule has 28 heavy (non-hydrogen) atoms. The number of carbonyl (C=O) groups is 1. The van der Waals surface area contributed by atoms with Crippen molar-refractivity contribution in [3.63, 3.8) is 0 Å². The lowest BCUT2D eigenvalue weighted by atomic mass is 10.2. The lowest BCUT2D eigenvalue weighted by Gasteiger charge is -2.06. The quantitative estimate of drug-likeness (QED) is 0.451. The molecule has 0 aliphatic rings. The molecule has 138 valence electrons. The number of anilines is 3. The van der Waals surface area contributed by atoms with Crippen LogP contribution in [-0.4, -0.2) is 20.9 Å². The van der Waals surface area contributed by atoms with Crippen LogP contribution in [0.15, 0.2) is 47.1 Å². The molecule has 3 aromatic heterocycles. The number of hydrogen-bond acceptors (Lipinski definition) is 7. The van der Waals surface area contributed by atoms with Crippen molar-refractivity contribution in [1.82, 2.24) is 15.0 Å². The average Bonchev–Trinajstić information content (AvgIpc) is 3.22. The van der Waals surface area contributed by atoms with Crippen molar-refractivity contribution in [2.75, 3.05) is 10.6 Å². The van der Waals surface area contributed by atoms with E-state index in [1.54, 1.807) is 0 Å². The fraction of sp³-hybridized carbons (Fsp3) is 0.100. The van der Waals surface area contributed by atoms with Gasteiger partial charge in [-0.25, -0.2) is 15.0 Å². The van der Waals surface area contributed by atoms with E-state index in [0.717, 1.165) is 38.0 Å². The highest BCUT2D eigenvalue weighted by Crippen LogP contribution is 2.35. The second kappa shape index (κ2) is 6.28. The monoisotopic (exact) mass is 389 g/mol. The third-order valence-corrected chi connectivity index (χ3v) is 5.30. The summed E-state index contributed by atoms with van der Waals surface area (Å²) in [7, 11) is 0. The summed E-state index contributed by atoms with van der Waals surface area (Å²) in [6.07, 6.45) is 1.52. The van der Waals surface area contributed by atoms with Gasteiger partial charge < -0.3 is 15.1 Å². The van der Waals surface area contributed by atoms with E-state index in [-0.39, 0.29) is 5.91 Å². The van der Waals surface area contributed by atoms with Crippen molar-refractivity contribution in [2.24, 2.45) is 0 Å². The number of furan rings is 1. The number of amides is 1. The number of benzene rings is 2. The largest absolute Gasteiger partial charge is 0.450 e. The standard InChI is InChI=1S/C20H15N5O2S/c1-10-6-7-12-14(8-10)27-18-16(12)21-9-22-19(18)24-13-4-3-5-15-17(13)25-20(28-15)23-11(2)26/h3-9H,1-2H3,(H,21,22,24)(H,23,25,26). The van der Waals surface area contributed by atoms with E-state index in [1.165, 1.54) is 24.6 Å². The van der Waals surface area contributed by atoms with Crippen molar-refractivity contribution >= 4 is 66.2 Å². The molecule has 0 aliphatic carbocycles.